The summed E-state index contributed by atoms with van der Waals surface area (Å²) in [6.45, 7) is 1.74. The quantitative estimate of drug-likeness (QED) is 0.805. The average Bonchev–Trinajstić information content (AvgIpc) is 3.03. The van der Waals surface area contributed by atoms with E-state index in [-0.39, 0.29) is 23.7 Å². The normalized spacial score (nSPS) is 12.4. The molecule has 0 fully saturated rings. The third kappa shape index (κ3) is 4.73. The van der Waals surface area contributed by atoms with Crippen molar-refractivity contribution in [3.05, 3.63) is 41.7 Å². The van der Waals surface area contributed by atoms with Gasteiger partial charge in [-0.2, -0.15) is 18.3 Å². The summed E-state index contributed by atoms with van der Waals surface area (Å²) in [4.78, 5) is -0.00852. The number of rotatable bonds is 7. The largest absolute Gasteiger partial charge is 0.495 e. The van der Waals surface area contributed by atoms with Crippen LogP contribution in [0.5, 0.6) is 5.75 Å². The number of nitrogens with zero attached hydrogens (tertiary/aromatic N) is 2. The Hall–Kier alpha value is -2.07. The van der Waals surface area contributed by atoms with Crippen LogP contribution in [-0.4, -0.2) is 31.9 Å². The maximum atomic E-state index is 12.5. The number of benzene rings is 1. The summed E-state index contributed by atoms with van der Waals surface area (Å²) in [7, 11) is -2.50. The fourth-order valence-electron chi connectivity index (χ4n) is 2.16. The number of aryl methyl sites for hydroxylation is 1. The summed E-state index contributed by atoms with van der Waals surface area (Å²) in [6, 6.07) is 5.68. The fraction of sp³-hybridized carbons (Fsp3) is 0.400. The van der Waals surface area contributed by atoms with Gasteiger partial charge in [0, 0.05) is 12.7 Å². The highest BCUT2D eigenvalue weighted by Crippen LogP contribution is 2.27. The molecule has 1 heterocycles. The van der Waals surface area contributed by atoms with Gasteiger partial charge in [0.15, 0.2) is 5.69 Å². The van der Waals surface area contributed by atoms with Gasteiger partial charge in [-0.1, -0.05) is 13.0 Å². The fourth-order valence-corrected chi connectivity index (χ4v) is 3.40. The zero-order chi connectivity index (χ0) is 18.7. The van der Waals surface area contributed by atoms with Crippen molar-refractivity contribution in [3.63, 3.8) is 0 Å². The van der Waals surface area contributed by atoms with E-state index in [0.717, 1.165) is 22.5 Å². The average molecular weight is 377 g/mol. The van der Waals surface area contributed by atoms with E-state index in [4.69, 9.17) is 4.74 Å². The van der Waals surface area contributed by atoms with Crippen LogP contribution in [0.3, 0.4) is 0 Å². The van der Waals surface area contributed by atoms with Gasteiger partial charge in [-0.05, 0) is 30.2 Å². The molecule has 0 bridgehead atoms. The van der Waals surface area contributed by atoms with Gasteiger partial charge < -0.3 is 4.74 Å². The second-order valence-electron chi connectivity index (χ2n) is 5.20. The maximum Gasteiger partial charge on any atom is 0.435 e. The van der Waals surface area contributed by atoms with E-state index < -0.39 is 21.9 Å². The Kier molecular flexibility index (Phi) is 5.73. The van der Waals surface area contributed by atoms with Gasteiger partial charge in [-0.25, -0.2) is 13.1 Å². The molecule has 2 aromatic rings. The topological polar surface area (TPSA) is 73.2 Å². The van der Waals surface area contributed by atoms with Gasteiger partial charge in [0.1, 0.15) is 10.6 Å². The third-order valence-electron chi connectivity index (χ3n) is 3.49. The van der Waals surface area contributed by atoms with Crippen LogP contribution in [0.1, 0.15) is 18.2 Å². The predicted molar refractivity (Wildman–Crippen MR) is 84.8 cm³/mol. The van der Waals surface area contributed by atoms with Crippen molar-refractivity contribution in [1.82, 2.24) is 14.5 Å². The zero-order valence-electron chi connectivity index (χ0n) is 13.7. The molecule has 2 rings (SSSR count). The molecule has 1 N–H and O–H groups in total. The Morgan fingerprint density at radius 2 is 2.00 bits per heavy atom. The predicted octanol–water partition coefficient (Wildman–Crippen LogP) is 2.45. The molecule has 138 valence electrons. The van der Waals surface area contributed by atoms with Crippen LogP contribution in [0.15, 0.2) is 35.4 Å². The van der Waals surface area contributed by atoms with E-state index >= 15 is 0 Å². The molecule has 0 aliphatic carbocycles. The molecule has 0 amide bonds. The number of sulfonamides is 1. The first-order valence-electron chi connectivity index (χ1n) is 7.44. The number of hydrogen-bond acceptors (Lipinski definition) is 4. The maximum absolute atomic E-state index is 12.5. The number of aromatic nitrogens is 2. The standard InChI is InChI=1S/C15H18F3N3O3S/c1-3-11-4-5-12(24-2)13(10-11)25(22,23)19-7-9-21-8-6-14(20-21)15(16,17)18/h4-6,8,10,19H,3,7,9H2,1-2H3. The lowest BCUT2D eigenvalue weighted by molar-refractivity contribution is -0.141. The minimum Gasteiger partial charge on any atom is -0.495 e. The molecule has 6 nitrogen and oxygen atoms in total. The highest BCUT2D eigenvalue weighted by atomic mass is 32.2. The highest BCUT2D eigenvalue weighted by molar-refractivity contribution is 7.89. The van der Waals surface area contributed by atoms with Gasteiger partial charge >= 0.3 is 6.18 Å². The van der Waals surface area contributed by atoms with Crippen LogP contribution in [0, 0.1) is 0 Å². The van der Waals surface area contributed by atoms with E-state index in [1.165, 1.54) is 13.2 Å². The number of methoxy groups -OCH3 is 1. The molecule has 0 atom stereocenters. The Bertz CT molecular complexity index is 832. The zero-order valence-corrected chi connectivity index (χ0v) is 14.5. The second kappa shape index (κ2) is 7.44. The molecule has 0 aliphatic heterocycles. The molecular formula is C15H18F3N3O3S. The number of alkyl halides is 3. The van der Waals surface area contributed by atoms with Crippen molar-refractivity contribution in [2.45, 2.75) is 31.0 Å². The third-order valence-corrected chi connectivity index (χ3v) is 4.97. The number of nitrogens with one attached hydrogen (secondary N) is 1. The molecule has 0 spiro atoms. The van der Waals surface area contributed by atoms with Crippen LogP contribution in [0.2, 0.25) is 0 Å². The first kappa shape index (κ1) is 19.3. The molecule has 0 aliphatic rings. The minimum atomic E-state index is -4.53. The first-order chi connectivity index (χ1) is 11.7. The summed E-state index contributed by atoms with van der Waals surface area (Å²) >= 11 is 0. The van der Waals surface area contributed by atoms with Gasteiger partial charge in [0.05, 0.1) is 13.7 Å². The van der Waals surface area contributed by atoms with Crippen LogP contribution < -0.4 is 9.46 Å². The van der Waals surface area contributed by atoms with E-state index in [1.807, 2.05) is 6.92 Å². The molecule has 25 heavy (non-hydrogen) atoms. The van der Waals surface area contributed by atoms with Crippen LogP contribution >= 0.6 is 0 Å². The first-order valence-corrected chi connectivity index (χ1v) is 8.93. The van der Waals surface area contributed by atoms with Crippen LogP contribution in [0.4, 0.5) is 13.2 Å². The van der Waals surface area contributed by atoms with Crippen molar-refractivity contribution in [2.75, 3.05) is 13.7 Å². The minimum absolute atomic E-state index is 0.00852. The summed E-state index contributed by atoms with van der Waals surface area (Å²) in [5.41, 5.74) is -0.198. The van der Waals surface area contributed by atoms with Crippen LogP contribution in [-0.2, 0) is 29.2 Å². The molecule has 10 heteroatoms. The monoisotopic (exact) mass is 377 g/mol. The van der Waals surface area contributed by atoms with Gasteiger partial charge in [-0.3, -0.25) is 4.68 Å². The second-order valence-corrected chi connectivity index (χ2v) is 6.93. The number of hydrogen-bond donors (Lipinski definition) is 1. The lowest BCUT2D eigenvalue weighted by Crippen LogP contribution is -2.28. The Labute approximate surface area is 143 Å². The highest BCUT2D eigenvalue weighted by Gasteiger charge is 2.33. The molecule has 0 radical (unpaired) electrons. The van der Waals surface area contributed by atoms with E-state index in [2.05, 4.69) is 9.82 Å². The van der Waals surface area contributed by atoms with Crippen molar-refractivity contribution in [2.24, 2.45) is 0 Å². The van der Waals surface area contributed by atoms with Gasteiger partial charge in [0.25, 0.3) is 0 Å². The Morgan fingerprint density at radius 3 is 2.56 bits per heavy atom. The molecule has 0 unspecified atom stereocenters. The Balaban J connectivity index is 2.08. The summed E-state index contributed by atoms with van der Waals surface area (Å²) < 4.78 is 70.8. The number of halogens is 3. The molecule has 1 aromatic heterocycles. The van der Waals surface area contributed by atoms with Crippen LogP contribution in [0.25, 0.3) is 0 Å². The molecule has 1 aromatic carbocycles. The van der Waals surface area contributed by atoms with Gasteiger partial charge in [0.2, 0.25) is 10.0 Å². The SMILES string of the molecule is CCc1ccc(OC)c(S(=O)(=O)NCCn2ccc(C(F)(F)F)n2)c1. The van der Waals surface area contributed by atoms with Crippen molar-refractivity contribution < 1.29 is 26.3 Å². The van der Waals surface area contributed by atoms with Crippen molar-refractivity contribution in [1.29, 1.82) is 0 Å². The molecular weight excluding hydrogens is 359 g/mol. The lowest BCUT2D eigenvalue weighted by Gasteiger charge is -2.12. The Morgan fingerprint density at radius 1 is 1.28 bits per heavy atom. The van der Waals surface area contributed by atoms with Crippen molar-refractivity contribution >= 4 is 10.0 Å². The molecule has 0 saturated heterocycles. The summed E-state index contributed by atoms with van der Waals surface area (Å²) in [6.07, 6.45) is -2.73. The van der Waals surface area contributed by atoms with E-state index in [1.54, 1.807) is 12.1 Å². The van der Waals surface area contributed by atoms with Crippen molar-refractivity contribution in [3.8, 4) is 5.75 Å². The number of ether oxygens (including phenoxy) is 1. The smallest absolute Gasteiger partial charge is 0.435 e. The van der Waals surface area contributed by atoms with Gasteiger partial charge in [-0.15, -0.1) is 0 Å². The summed E-state index contributed by atoms with van der Waals surface area (Å²) in [5, 5.41) is 3.37. The molecule has 0 saturated carbocycles. The summed E-state index contributed by atoms with van der Waals surface area (Å²) in [5.74, 6) is 0.197. The lowest BCUT2D eigenvalue weighted by atomic mass is 10.2. The van der Waals surface area contributed by atoms with E-state index in [9.17, 15) is 21.6 Å². The van der Waals surface area contributed by atoms with E-state index in [0.29, 0.717) is 6.42 Å².